The number of benzene rings is 1. The van der Waals surface area contributed by atoms with Crippen molar-refractivity contribution in [2.75, 3.05) is 32.8 Å². The standard InChI is InChI=1S/C30H42N2O5/c1-30-13-10-24-23-7-5-22(19-20(23)4-6-25(24)26(30)8-9-27(30)36-18-17-33)37-29(35)31-15-11-21(12-16-31)32-14-2-3-28(32)34/h5,7,19,21,24-27,33H,2-4,6,8-18H2,1H3. The van der Waals surface area contributed by atoms with Gasteiger partial charge in [0.1, 0.15) is 5.75 Å². The van der Waals surface area contributed by atoms with Gasteiger partial charge in [-0.1, -0.05) is 13.0 Å². The molecule has 3 aliphatic carbocycles. The number of amides is 2. The average Bonchev–Trinajstić information content (AvgIpc) is 3.49. The van der Waals surface area contributed by atoms with E-state index in [0.29, 0.717) is 49.6 Å². The molecule has 7 nitrogen and oxygen atoms in total. The van der Waals surface area contributed by atoms with Gasteiger partial charge >= 0.3 is 6.09 Å². The van der Waals surface area contributed by atoms with Gasteiger partial charge in [0.25, 0.3) is 0 Å². The highest BCUT2D eigenvalue weighted by Crippen LogP contribution is 2.61. The molecule has 2 amide bonds. The van der Waals surface area contributed by atoms with Crippen LogP contribution in [-0.2, 0) is 16.0 Å². The largest absolute Gasteiger partial charge is 0.415 e. The van der Waals surface area contributed by atoms with Crippen molar-refractivity contribution in [1.82, 2.24) is 9.80 Å². The molecule has 37 heavy (non-hydrogen) atoms. The maximum atomic E-state index is 12.9. The van der Waals surface area contributed by atoms with Gasteiger partial charge in [-0.15, -0.1) is 0 Å². The van der Waals surface area contributed by atoms with Gasteiger partial charge in [0, 0.05) is 32.1 Å². The van der Waals surface area contributed by atoms with Gasteiger partial charge in [0.2, 0.25) is 5.91 Å². The number of nitrogens with zero attached hydrogens (tertiary/aromatic N) is 2. The van der Waals surface area contributed by atoms with E-state index in [4.69, 9.17) is 9.47 Å². The Labute approximate surface area is 220 Å². The number of ether oxygens (including phenoxy) is 2. The number of carbonyl (C=O) groups excluding carboxylic acids is 2. The lowest BCUT2D eigenvalue weighted by atomic mass is 9.55. The number of fused-ring (bicyclic) bond motifs is 5. The number of hydrogen-bond donors (Lipinski definition) is 1. The Morgan fingerprint density at radius 1 is 1.08 bits per heavy atom. The van der Waals surface area contributed by atoms with Crippen LogP contribution in [0.1, 0.15) is 81.8 Å². The second-order valence-electron chi connectivity index (χ2n) is 12.3. The van der Waals surface area contributed by atoms with Crippen LogP contribution in [0.4, 0.5) is 4.79 Å². The van der Waals surface area contributed by atoms with Gasteiger partial charge in [-0.3, -0.25) is 4.79 Å². The summed E-state index contributed by atoms with van der Waals surface area (Å²) in [7, 11) is 0. The van der Waals surface area contributed by atoms with E-state index in [9.17, 15) is 14.7 Å². The lowest BCUT2D eigenvalue weighted by Crippen LogP contribution is -2.47. The van der Waals surface area contributed by atoms with Crippen LogP contribution in [0.15, 0.2) is 18.2 Å². The predicted octanol–water partition coefficient (Wildman–Crippen LogP) is 4.51. The fraction of sp³-hybridized carbons (Fsp3) is 0.733. The van der Waals surface area contributed by atoms with Crippen molar-refractivity contribution < 1.29 is 24.2 Å². The first kappa shape index (κ1) is 25.2. The summed E-state index contributed by atoms with van der Waals surface area (Å²) in [6.07, 6.45) is 10.2. The zero-order chi connectivity index (χ0) is 25.6. The summed E-state index contributed by atoms with van der Waals surface area (Å²) in [5, 5.41) is 9.24. The van der Waals surface area contributed by atoms with Crippen LogP contribution >= 0.6 is 0 Å². The van der Waals surface area contributed by atoms with Gasteiger partial charge < -0.3 is 24.4 Å². The monoisotopic (exact) mass is 510 g/mol. The highest BCUT2D eigenvalue weighted by atomic mass is 16.6. The fourth-order valence-electron chi connectivity index (χ4n) is 8.62. The molecular weight excluding hydrogens is 468 g/mol. The molecule has 6 rings (SSSR count). The van der Waals surface area contributed by atoms with E-state index in [1.807, 2.05) is 11.0 Å². The third-order valence-corrected chi connectivity index (χ3v) is 10.5. The van der Waals surface area contributed by atoms with Crippen molar-refractivity contribution in [3.63, 3.8) is 0 Å². The molecule has 1 aromatic carbocycles. The SMILES string of the molecule is CC12CCC3c4ccc(OC(=O)N5CCC(N6CCCC6=O)CC5)cc4CCC3C1CCC2OCCO. The van der Waals surface area contributed by atoms with Crippen LogP contribution in [0.2, 0.25) is 0 Å². The molecule has 0 spiro atoms. The van der Waals surface area contributed by atoms with Gasteiger partial charge in [-0.05, 0) is 104 Å². The lowest BCUT2D eigenvalue weighted by molar-refractivity contribution is -0.130. The Morgan fingerprint density at radius 3 is 2.68 bits per heavy atom. The lowest BCUT2D eigenvalue weighted by Gasteiger charge is -2.50. The quantitative estimate of drug-likeness (QED) is 0.631. The summed E-state index contributed by atoms with van der Waals surface area (Å²) in [5.41, 5.74) is 3.01. The van der Waals surface area contributed by atoms with Crippen LogP contribution < -0.4 is 4.74 Å². The maximum absolute atomic E-state index is 12.9. The molecule has 2 saturated carbocycles. The average molecular weight is 511 g/mol. The van der Waals surface area contributed by atoms with Crippen LogP contribution in [0.25, 0.3) is 0 Å². The zero-order valence-electron chi connectivity index (χ0n) is 22.2. The van der Waals surface area contributed by atoms with Crippen molar-refractivity contribution in [2.24, 2.45) is 17.3 Å². The number of likely N-dealkylation sites (tertiary alicyclic amines) is 2. The van der Waals surface area contributed by atoms with E-state index >= 15 is 0 Å². The van der Waals surface area contributed by atoms with Crippen LogP contribution in [0.5, 0.6) is 5.75 Å². The van der Waals surface area contributed by atoms with Gasteiger partial charge in [-0.25, -0.2) is 4.79 Å². The second-order valence-corrected chi connectivity index (χ2v) is 12.3. The van der Waals surface area contributed by atoms with Crippen LogP contribution in [-0.4, -0.2) is 71.9 Å². The Hall–Kier alpha value is -2.12. The molecule has 0 bridgehead atoms. The molecule has 5 atom stereocenters. The fourth-order valence-corrected chi connectivity index (χ4v) is 8.62. The normalized spacial score (nSPS) is 33.7. The van der Waals surface area contributed by atoms with Gasteiger partial charge in [0.05, 0.1) is 19.3 Å². The molecular formula is C30H42N2O5. The number of aryl methyl sites for hydroxylation is 1. The minimum Gasteiger partial charge on any atom is -0.410 e. The van der Waals surface area contributed by atoms with E-state index in [1.54, 1.807) is 4.90 Å². The number of rotatable bonds is 5. The number of hydrogen-bond acceptors (Lipinski definition) is 5. The molecule has 5 aliphatic rings. The van der Waals surface area contributed by atoms with E-state index in [-0.39, 0.29) is 36.2 Å². The number of aliphatic hydroxyl groups excluding tert-OH is 1. The van der Waals surface area contributed by atoms with Crippen molar-refractivity contribution >= 4 is 12.0 Å². The highest BCUT2D eigenvalue weighted by molar-refractivity contribution is 5.78. The van der Waals surface area contributed by atoms with E-state index in [0.717, 1.165) is 38.6 Å². The minimum absolute atomic E-state index is 0.0987. The second kappa shape index (κ2) is 10.2. The number of aliphatic hydroxyl groups is 1. The van der Waals surface area contributed by atoms with Gasteiger partial charge in [-0.2, -0.15) is 0 Å². The van der Waals surface area contributed by atoms with E-state index < -0.39 is 0 Å². The number of piperidine rings is 1. The third kappa shape index (κ3) is 4.56. The molecule has 5 unspecified atom stereocenters. The molecule has 2 saturated heterocycles. The van der Waals surface area contributed by atoms with Crippen molar-refractivity contribution in [3.8, 4) is 5.75 Å². The molecule has 1 aromatic rings. The van der Waals surface area contributed by atoms with Crippen molar-refractivity contribution in [3.05, 3.63) is 29.3 Å². The molecule has 2 heterocycles. The van der Waals surface area contributed by atoms with Crippen LogP contribution in [0.3, 0.4) is 0 Å². The Balaban J connectivity index is 1.07. The Kier molecular flexibility index (Phi) is 6.95. The molecule has 2 aliphatic heterocycles. The van der Waals surface area contributed by atoms with E-state index in [2.05, 4.69) is 19.1 Å². The van der Waals surface area contributed by atoms with Crippen molar-refractivity contribution in [1.29, 1.82) is 0 Å². The Bertz CT molecular complexity index is 1020. The predicted molar refractivity (Wildman–Crippen MR) is 139 cm³/mol. The first-order valence-corrected chi connectivity index (χ1v) is 14.6. The molecule has 0 radical (unpaired) electrons. The smallest absolute Gasteiger partial charge is 0.410 e. The molecule has 7 heteroatoms. The molecule has 4 fully saturated rings. The first-order chi connectivity index (χ1) is 18.0. The molecule has 1 N–H and O–H groups in total. The summed E-state index contributed by atoms with van der Waals surface area (Å²) in [6.45, 7) is 5.12. The topological polar surface area (TPSA) is 79.3 Å². The molecule has 0 aromatic heterocycles. The van der Waals surface area contributed by atoms with Gasteiger partial charge in [0.15, 0.2) is 0 Å². The minimum atomic E-state index is -0.270. The summed E-state index contributed by atoms with van der Waals surface area (Å²) in [5.74, 6) is 2.86. The summed E-state index contributed by atoms with van der Waals surface area (Å²) >= 11 is 0. The van der Waals surface area contributed by atoms with Crippen LogP contribution in [0, 0.1) is 17.3 Å². The summed E-state index contributed by atoms with van der Waals surface area (Å²) < 4.78 is 11.9. The Morgan fingerprint density at radius 2 is 1.92 bits per heavy atom. The molecule has 202 valence electrons. The number of carbonyl (C=O) groups is 2. The summed E-state index contributed by atoms with van der Waals surface area (Å²) in [4.78, 5) is 28.8. The van der Waals surface area contributed by atoms with E-state index in [1.165, 1.54) is 36.8 Å². The third-order valence-electron chi connectivity index (χ3n) is 10.5. The van der Waals surface area contributed by atoms with Crippen molar-refractivity contribution in [2.45, 2.75) is 89.2 Å². The maximum Gasteiger partial charge on any atom is 0.415 e. The highest BCUT2D eigenvalue weighted by Gasteiger charge is 2.55. The first-order valence-electron chi connectivity index (χ1n) is 14.6. The zero-order valence-corrected chi connectivity index (χ0v) is 22.2. The summed E-state index contributed by atoms with van der Waals surface area (Å²) in [6, 6.07) is 6.58.